The van der Waals surface area contributed by atoms with E-state index in [1.807, 2.05) is 13.8 Å². The number of benzene rings is 2. The quantitative estimate of drug-likeness (QED) is 0.146. The van der Waals surface area contributed by atoms with Crippen LogP contribution in [0, 0.1) is 16.0 Å². The first kappa shape index (κ1) is 29.0. The summed E-state index contributed by atoms with van der Waals surface area (Å²) in [5.41, 5.74) is 6.43. The fourth-order valence-electron chi connectivity index (χ4n) is 3.56. The number of non-ortho nitro benzene ring substituents is 1. The Morgan fingerprint density at radius 1 is 1.03 bits per heavy atom. The van der Waals surface area contributed by atoms with Gasteiger partial charge in [-0.05, 0) is 55.6 Å². The molecule has 12 heteroatoms. The van der Waals surface area contributed by atoms with Crippen molar-refractivity contribution in [2.45, 2.75) is 45.4 Å². The molecule has 2 rings (SSSR count). The van der Waals surface area contributed by atoms with E-state index in [4.69, 9.17) is 10.5 Å². The van der Waals surface area contributed by atoms with Crippen LogP contribution in [0.15, 0.2) is 48.5 Å². The van der Waals surface area contributed by atoms with Crippen molar-refractivity contribution in [2.75, 3.05) is 18.9 Å². The molecule has 2 atom stereocenters. The smallest absolute Gasteiger partial charge is 0.312 e. The van der Waals surface area contributed by atoms with Crippen LogP contribution in [0.2, 0.25) is 0 Å². The fourth-order valence-corrected chi connectivity index (χ4v) is 3.56. The summed E-state index contributed by atoms with van der Waals surface area (Å²) in [7, 11) is 1.68. The minimum Gasteiger partial charge on any atom is -0.489 e. The van der Waals surface area contributed by atoms with Crippen molar-refractivity contribution >= 4 is 29.2 Å². The van der Waals surface area contributed by atoms with E-state index in [9.17, 15) is 24.5 Å². The highest BCUT2D eigenvalue weighted by Crippen LogP contribution is 2.19. The van der Waals surface area contributed by atoms with Crippen LogP contribution < -0.4 is 31.7 Å². The van der Waals surface area contributed by atoms with Crippen LogP contribution in [0.25, 0.3) is 0 Å². The predicted octanol–water partition coefficient (Wildman–Crippen LogP) is 2.29. The molecule has 0 saturated heterocycles. The average molecular weight is 515 g/mol. The molecule has 0 spiro atoms. The van der Waals surface area contributed by atoms with E-state index in [1.54, 1.807) is 31.3 Å². The van der Waals surface area contributed by atoms with Crippen molar-refractivity contribution in [3.8, 4) is 5.75 Å². The van der Waals surface area contributed by atoms with Crippen LogP contribution in [0.1, 0.15) is 32.3 Å². The standard InChI is InChI=1S/C25H34N6O6/c1-16(2)22(27-3)24(33)30-21(5-4-14-28-25(26)34)23(32)29-18-8-6-17(7-9-18)15-37-20-12-10-19(11-13-20)31(35)36/h6-13,16,21-22,27H,4-5,14-15H2,1-3H3,(H,29,32)(H,30,33)(H3,26,28,34)/t21?,22-/m0/s1. The van der Waals surface area contributed by atoms with E-state index in [0.717, 1.165) is 5.56 Å². The lowest BCUT2D eigenvalue weighted by molar-refractivity contribution is -0.384. The minimum atomic E-state index is -0.818. The molecule has 37 heavy (non-hydrogen) atoms. The fraction of sp³-hybridized carbons (Fsp3) is 0.400. The molecular formula is C25H34N6O6. The maximum absolute atomic E-state index is 13.0. The van der Waals surface area contributed by atoms with Gasteiger partial charge in [-0.15, -0.1) is 0 Å². The second-order valence-corrected chi connectivity index (χ2v) is 8.73. The number of nitrogens with zero attached hydrogens (tertiary/aromatic N) is 1. The summed E-state index contributed by atoms with van der Waals surface area (Å²) < 4.78 is 5.65. The van der Waals surface area contributed by atoms with E-state index in [-0.39, 0.29) is 36.6 Å². The highest BCUT2D eigenvalue weighted by Gasteiger charge is 2.26. The second-order valence-electron chi connectivity index (χ2n) is 8.73. The van der Waals surface area contributed by atoms with Crippen LogP contribution in [0.5, 0.6) is 5.75 Å². The summed E-state index contributed by atoms with van der Waals surface area (Å²) in [4.78, 5) is 46.9. The highest BCUT2D eigenvalue weighted by atomic mass is 16.6. The highest BCUT2D eigenvalue weighted by molar-refractivity contribution is 5.97. The number of carbonyl (C=O) groups excluding carboxylic acids is 3. The first-order valence-corrected chi connectivity index (χ1v) is 11.9. The maximum atomic E-state index is 13.0. The number of likely N-dealkylation sites (N-methyl/N-ethyl adjacent to an activating group) is 1. The van der Waals surface area contributed by atoms with Crippen molar-refractivity contribution in [3.05, 3.63) is 64.2 Å². The first-order valence-electron chi connectivity index (χ1n) is 11.9. The zero-order chi connectivity index (χ0) is 27.4. The molecule has 2 aromatic rings. The van der Waals surface area contributed by atoms with Crippen LogP contribution in [-0.2, 0) is 16.2 Å². The van der Waals surface area contributed by atoms with Gasteiger partial charge in [-0.1, -0.05) is 26.0 Å². The number of nitrogens with two attached hydrogens (primary N) is 1. The molecule has 0 radical (unpaired) electrons. The lowest BCUT2D eigenvalue weighted by atomic mass is 10.0. The Balaban J connectivity index is 1.98. The van der Waals surface area contributed by atoms with E-state index < -0.39 is 23.0 Å². The Morgan fingerprint density at radius 2 is 1.68 bits per heavy atom. The van der Waals surface area contributed by atoms with E-state index in [2.05, 4.69) is 21.3 Å². The van der Waals surface area contributed by atoms with Crippen LogP contribution >= 0.6 is 0 Å². The number of ether oxygens (including phenoxy) is 1. The van der Waals surface area contributed by atoms with Gasteiger partial charge in [-0.3, -0.25) is 19.7 Å². The van der Waals surface area contributed by atoms with E-state index >= 15 is 0 Å². The number of nitro groups is 1. The Morgan fingerprint density at radius 3 is 2.22 bits per heavy atom. The summed E-state index contributed by atoms with van der Waals surface area (Å²) in [6.07, 6.45) is 0.736. The van der Waals surface area contributed by atoms with Crippen molar-refractivity contribution in [3.63, 3.8) is 0 Å². The molecule has 6 N–H and O–H groups in total. The number of urea groups is 1. The van der Waals surface area contributed by atoms with Gasteiger partial charge in [0, 0.05) is 24.4 Å². The monoisotopic (exact) mass is 514 g/mol. The number of anilines is 1. The molecule has 0 heterocycles. The van der Waals surface area contributed by atoms with Gasteiger partial charge in [0.15, 0.2) is 0 Å². The van der Waals surface area contributed by atoms with Gasteiger partial charge < -0.3 is 31.7 Å². The van der Waals surface area contributed by atoms with Gasteiger partial charge in [-0.2, -0.15) is 0 Å². The molecule has 0 aliphatic heterocycles. The van der Waals surface area contributed by atoms with Gasteiger partial charge >= 0.3 is 6.03 Å². The van der Waals surface area contributed by atoms with Crippen LogP contribution in [0.3, 0.4) is 0 Å². The van der Waals surface area contributed by atoms with Crippen LogP contribution in [0.4, 0.5) is 16.2 Å². The van der Waals surface area contributed by atoms with Gasteiger partial charge in [0.05, 0.1) is 11.0 Å². The average Bonchev–Trinajstić information content (AvgIpc) is 2.85. The van der Waals surface area contributed by atoms with Crippen LogP contribution in [-0.4, -0.2) is 48.4 Å². The largest absolute Gasteiger partial charge is 0.489 e. The normalized spacial score (nSPS) is 12.3. The molecule has 0 fully saturated rings. The Hall–Kier alpha value is -4.19. The third kappa shape index (κ3) is 9.76. The molecule has 1 unspecified atom stereocenters. The molecule has 0 aliphatic rings. The summed E-state index contributed by atoms with van der Waals surface area (Å²) >= 11 is 0. The lowest BCUT2D eigenvalue weighted by Crippen LogP contribution is -2.52. The van der Waals surface area contributed by atoms with Crippen molar-refractivity contribution in [1.82, 2.24) is 16.0 Å². The van der Waals surface area contributed by atoms with Gasteiger partial charge in [0.25, 0.3) is 5.69 Å². The maximum Gasteiger partial charge on any atom is 0.312 e. The van der Waals surface area contributed by atoms with E-state index in [1.165, 1.54) is 24.3 Å². The Labute approximate surface area is 215 Å². The van der Waals surface area contributed by atoms with Crippen molar-refractivity contribution in [1.29, 1.82) is 0 Å². The molecule has 200 valence electrons. The third-order valence-electron chi connectivity index (χ3n) is 5.54. The first-order chi connectivity index (χ1) is 17.6. The van der Waals surface area contributed by atoms with Gasteiger partial charge in [-0.25, -0.2) is 4.79 Å². The summed E-state index contributed by atoms with van der Waals surface area (Å²) in [6, 6.07) is 10.8. The number of amides is 4. The molecule has 0 aromatic heterocycles. The summed E-state index contributed by atoms with van der Waals surface area (Å²) in [5.74, 6) is -0.167. The van der Waals surface area contributed by atoms with Crippen molar-refractivity contribution in [2.24, 2.45) is 11.7 Å². The number of primary amides is 1. The van der Waals surface area contributed by atoms with Gasteiger partial charge in [0.1, 0.15) is 18.4 Å². The third-order valence-corrected chi connectivity index (χ3v) is 5.54. The number of nitrogens with one attached hydrogen (secondary N) is 4. The van der Waals surface area contributed by atoms with Gasteiger partial charge in [0.2, 0.25) is 11.8 Å². The second kappa shape index (κ2) is 14.4. The Kier molecular flexibility index (Phi) is 11.3. The van der Waals surface area contributed by atoms with E-state index in [0.29, 0.717) is 24.3 Å². The zero-order valence-corrected chi connectivity index (χ0v) is 21.2. The zero-order valence-electron chi connectivity index (χ0n) is 21.2. The Bertz CT molecular complexity index is 1060. The summed E-state index contributed by atoms with van der Waals surface area (Å²) in [6.45, 7) is 4.31. The van der Waals surface area contributed by atoms with Crippen molar-refractivity contribution < 1.29 is 24.0 Å². The molecule has 0 saturated carbocycles. The molecule has 0 aliphatic carbocycles. The molecule has 4 amide bonds. The number of hydrogen-bond donors (Lipinski definition) is 5. The summed E-state index contributed by atoms with van der Waals surface area (Å²) in [5, 5.41) is 21.8. The molecular weight excluding hydrogens is 480 g/mol. The topological polar surface area (TPSA) is 178 Å². The molecule has 0 bridgehead atoms. The number of nitro benzene ring substituents is 1. The lowest BCUT2D eigenvalue weighted by Gasteiger charge is -2.24. The number of hydrogen-bond acceptors (Lipinski definition) is 7. The number of rotatable bonds is 14. The molecule has 2 aromatic carbocycles. The number of carbonyl (C=O) groups is 3. The minimum absolute atomic E-state index is 0.0169. The molecule has 12 nitrogen and oxygen atoms in total. The SMILES string of the molecule is CN[C@H](C(=O)NC(CCCNC(N)=O)C(=O)Nc1ccc(COc2ccc([N+](=O)[O-])cc2)cc1)C(C)C. The predicted molar refractivity (Wildman–Crippen MR) is 139 cm³/mol.